The van der Waals surface area contributed by atoms with E-state index in [1.807, 2.05) is 0 Å². The van der Waals surface area contributed by atoms with Crippen LogP contribution in [0.5, 0.6) is 0 Å². The molecule has 8 heteroatoms. The molecule has 0 saturated heterocycles. The SMILES string of the molecule is C/C=C\CCCC.CCCCCCCC.O=CCCC1CCCC1O.O=COCCCCCCO[N+](=O)[O-]. The second kappa shape index (κ2) is 37.2. The number of ether oxygens (including phenoxy) is 1. The highest BCUT2D eigenvalue weighted by molar-refractivity contribution is 5.49. The smallest absolute Gasteiger partial charge is 0.294 e. The first-order valence-corrected chi connectivity index (χ1v) is 15.0. The van der Waals surface area contributed by atoms with Crippen LogP contribution < -0.4 is 0 Å². The summed E-state index contributed by atoms with van der Waals surface area (Å²) in [7, 11) is 0. The number of hydrogen-bond acceptors (Lipinski definition) is 7. The molecule has 2 atom stereocenters. The van der Waals surface area contributed by atoms with Gasteiger partial charge in [-0.05, 0) is 57.8 Å². The lowest BCUT2D eigenvalue weighted by Gasteiger charge is -2.11. The number of allylic oxidation sites excluding steroid dienone is 2. The van der Waals surface area contributed by atoms with E-state index in [1.54, 1.807) is 0 Å². The van der Waals surface area contributed by atoms with Crippen molar-refractivity contribution < 1.29 is 29.4 Å². The molecule has 0 amide bonds. The minimum atomic E-state index is -0.796. The first-order chi connectivity index (χ1) is 18.4. The van der Waals surface area contributed by atoms with Gasteiger partial charge in [0, 0.05) is 6.42 Å². The third-order valence-electron chi connectivity index (χ3n) is 6.11. The number of nitrogens with zero attached hydrogens (tertiary/aromatic N) is 1. The Morgan fingerprint density at radius 2 is 1.42 bits per heavy atom. The number of carbonyl (C=O) groups excluding carboxylic acids is 2. The van der Waals surface area contributed by atoms with Crippen LogP contribution in [0.4, 0.5) is 0 Å². The molecule has 1 aliphatic carbocycles. The summed E-state index contributed by atoms with van der Waals surface area (Å²) in [6.07, 6.45) is 25.4. The number of unbranched alkanes of at least 4 members (excludes halogenated alkanes) is 10. The molecule has 38 heavy (non-hydrogen) atoms. The van der Waals surface area contributed by atoms with Crippen LogP contribution in [0.25, 0.3) is 0 Å². The molecule has 0 aromatic heterocycles. The second-order valence-corrected chi connectivity index (χ2v) is 9.57. The van der Waals surface area contributed by atoms with Crippen LogP contribution in [-0.4, -0.2) is 42.3 Å². The van der Waals surface area contributed by atoms with E-state index in [9.17, 15) is 24.8 Å². The summed E-state index contributed by atoms with van der Waals surface area (Å²) in [4.78, 5) is 33.5. The molecule has 0 aliphatic heterocycles. The van der Waals surface area contributed by atoms with Gasteiger partial charge in [-0.2, -0.15) is 0 Å². The molecule has 0 radical (unpaired) electrons. The van der Waals surface area contributed by atoms with Crippen molar-refractivity contribution in [1.82, 2.24) is 0 Å². The lowest BCUT2D eigenvalue weighted by Crippen LogP contribution is -2.12. The summed E-state index contributed by atoms with van der Waals surface area (Å²) < 4.78 is 4.46. The van der Waals surface area contributed by atoms with Crippen LogP contribution in [-0.2, 0) is 19.2 Å². The molecule has 0 spiro atoms. The maximum absolute atomic E-state index is 9.99. The van der Waals surface area contributed by atoms with Crippen LogP contribution in [0, 0.1) is 16.0 Å². The second-order valence-electron chi connectivity index (χ2n) is 9.57. The van der Waals surface area contributed by atoms with Gasteiger partial charge in [-0.15, -0.1) is 10.1 Å². The van der Waals surface area contributed by atoms with Gasteiger partial charge in [-0.25, -0.2) is 0 Å². The van der Waals surface area contributed by atoms with Crippen molar-refractivity contribution in [1.29, 1.82) is 0 Å². The number of aldehydes is 1. The summed E-state index contributed by atoms with van der Waals surface area (Å²) in [6.45, 7) is 9.76. The van der Waals surface area contributed by atoms with Crippen molar-refractivity contribution in [2.45, 2.75) is 149 Å². The van der Waals surface area contributed by atoms with Crippen molar-refractivity contribution in [2.75, 3.05) is 13.2 Å². The van der Waals surface area contributed by atoms with E-state index in [0.717, 1.165) is 51.2 Å². The van der Waals surface area contributed by atoms with Gasteiger partial charge in [0.05, 0.1) is 19.3 Å². The lowest BCUT2D eigenvalue weighted by atomic mass is 10.0. The average molecular weight is 546 g/mol. The topological polar surface area (TPSA) is 116 Å². The Morgan fingerprint density at radius 1 is 0.842 bits per heavy atom. The fraction of sp³-hybridized carbons (Fsp3) is 0.867. The first kappa shape index (κ1) is 40.5. The van der Waals surface area contributed by atoms with Crippen LogP contribution in [0.3, 0.4) is 0 Å². The first-order valence-electron chi connectivity index (χ1n) is 15.0. The molecule has 1 aliphatic rings. The van der Waals surface area contributed by atoms with E-state index < -0.39 is 5.09 Å². The molecule has 0 aromatic carbocycles. The molecule has 1 fully saturated rings. The highest BCUT2D eigenvalue weighted by Gasteiger charge is 2.23. The van der Waals surface area contributed by atoms with Crippen LogP contribution in [0.1, 0.15) is 143 Å². The van der Waals surface area contributed by atoms with Gasteiger partial charge < -0.3 is 19.5 Å². The van der Waals surface area contributed by atoms with Crippen LogP contribution >= 0.6 is 0 Å². The van der Waals surface area contributed by atoms with E-state index in [1.165, 1.54) is 57.8 Å². The predicted molar refractivity (Wildman–Crippen MR) is 155 cm³/mol. The van der Waals surface area contributed by atoms with Crippen molar-refractivity contribution in [3.63, 3.8) is 0 Å². The molecular weight excluding hydrogens is 486 g/mol. The van der Waals surface area contributed by atoms with Gasteiger partial charge >= 0.3 is 0 Å². The molecule has 1 rings (SSSR count). The maximum atomic E-state index is 9.99. The largest absolute Gasteiger partial charge is 0.468 e. The van der Waals surface area contributed by atoms with E-state index >= 15 is 0 Å². The Morgan fingerprint density at radius 3 is 1.87 bits per heavy atom. The third-order valence-corrected chi connectivity index (χ3v) is 6.11. The maximum Gasteiger partial charge on any atom is 0.294 e. The monoisotopic (exact) mass is 545 g/mol. The zero-order valence-electron chi connectivity index (χ0n) is 25.0. The third kappa shape index (κ3) is 38.6. The Hall–Kier alpha value is -1.96. The number of carbonyl (C=O) groups is 2. The summed E-state index contributed by atoms with van der Waals surface area (Å²) in [5.74, 6) is 0.408. The van der Waals surface area contributed by atoms with Gasteiger partial charge in [0.2, 0.25) is 0 Å². The van der Waals surface area contributed by atoms with Gasteiger partial charge in [-0.3, -0.25) is 4.79 Å². The number of rotatable bonds is 20. The summed E-state index contributed by atoms with van der Waals surface area (Å²) in [6, 6.07) is 0. The Balaban J connectivity index is -0.000000442. The number of aliphatic hydroxyl groups is 1. The molecule has 0 heterocycles. The fourth-order valence-electron chi connectivity index (χ4n) is 3.81. The van der Waals surface area contributed by atoms with Crippen LogP contribution in [0.2, 0.25) is 0 Å². The quantitative estimate of drug-likeness (QED) is 0.0539. The van der Waals surface area contributed by atoms with Crippen molar-refractivity contribution in [3.05, 3.63) is 22.3 Å². The molecular formula is C30H59NO7. The molecule has 1 saturated carbocycles. The average Bonchev–Trinajstić information content (AvgIpc) is 3.33. The molecule has 0 bridgehead atoms. The Labute approximate surface area is 233 Å². The fourth-order valence-corrected chi connectivity index (χ4v) is 3.81. The van der Waals surface area contributed by atoms with Crippen molar-refractivity contribution in [2.24, 2.45) is 5.92 Å². The van der Waals surface area contributed by atoms with Gasteiger partial charge in [0.15, 0.2) is 0 Å². The van der Waals surface area contributed by atoms with Crippen LogP contribution in [0.15, 0.2) is 12.2 Å². The molecule has 226 valence electrons. The summed E-state index contributed by atoms with van der Waals surface area (Å²) in [5, 5.41) is 18.2. The molecule has 1 N–H and O–H groups in total. The van der Waals surface area contributed by atoms with Crippen molar-refractivity contribution in [3.8, 4) is 0 Å². The zero-order chi connectivity index (χ0) is 29.1. The highest BCUT2D eigenvalue weighted by atomic mass is 16.9. The predicted octanol–water partition coefficient (Wildman–Crippen LogP) is 8.17. The Bertz CT molecular complexity index is 509. The highest BCUT2D eigenvalue weighted by Crippen LogP contribution is 2.28. The summed E-state index contributed by atoms with van der Waals surface area (Å²) in [5.41, 5.74) is 0. The minimum Gasteiger partial charge on any atom is -0.468 e. The molecule has 2 unspecified atom stereocenters. The Kier molecular flexibility index (Phi) is 39.7. The molecule has 0 aromatic rings. The van der Waals surface area contributed by atoms with Crippen molar-refractivity contribution >= 4 is 12.8 Å². The van der Waals surface area contributed by atoms with E-state index in [2.05, 4.69) is 49.4 Å². The lowest BCUT2D eigenvalue weighted by molar-refractivity contribution is -0.757. The number of hydrogen-bond donors (Lipinski definition) is 1. The number of aliphatic hydroxyl groups excluding tert-OH is 1. The standard InChI is InChI=1S/C8H14O2.C8H18.C7H13NO5.C7H14/c9-6-2-4-7-3-1-5-8(7)10;1-3-5-7-8-6-4-2;9-7-12-5-3-1-2-4-6-13-8(10)11;1-3-5-7-6-4-2/h6-8,10H,1-5H2;3-8H2,1-2H3;7H,1-6H2;3,5H,4,6-7H2,1-2H3/b;;;5-3-. The minimum absolute atomic E-state index is 0.125. The summed E-state index contributed by atoms with van der Waals surface area (Å²) >= 11 is 0. The van der Waals surface area contributed by atoms with Gasteiger partial charge in [0.25, 0.3) is 11.6 Å². The van der Waals surface area contributed by atoms with E-state index in [-0.39, 0.29) is 12.7 Å². The normalized spacial score (nSPS) is 15.7. The zero-order valence-corrected chi connectivity index (χ0v) is 25.0. The van der Waals surface area contributed by atoms with Gasteiger partial charge in [-0.1, -0.05) is 97.1 Å². The molecule has 8 nitrogen and oxygen atoms in total. The van der Waals surface area contributed by atoms with Gasteiger partial charge in [0.1, 0.15) is 6.29 Å². The van der Waals surface area contributed by atoms with E-state index in [4.69, 9.17) is 0 Å². The van der Waals surface area contributed by atoms with E-state index in [0.29, 0.717) is 31.8 Å².